The van der Waals surface area contributed by atoms with Crippen LogP contribution in [0.1, 0.15) is 25.7 Å². The number of rotatable bonds is 11. The van der Waals surface area contributed by atoms with E-state index >= 15 is 0 Å². The van der Waals surface area contributed by atoms with Gasteiger partial charge in [-0.3, -0.25) is 14.5 Å². The van der Waals surface area contributed by atoms with Crippen LogP contribution in [0.4, 0.5) is 24.8 Å². The quantitative estimate of drug-likeness (QED) is 0.246. The number of imidazole rings is 1. The van der Waals surface area contributed by atoms with Crippen molar-refractivity contribution in [2.75, 3.05) is 18.4 Å². The van der Waals surface area contributed by atoms with Gasteiger partial charge in [0, 0.05) is 43.1 Å². The molecule has 31 heavy (non-hydrogen) atoms. The van der Waals surface area contributed by atoms with E-state index in [1.54, 1.807) is 12.4 Å². The number of hydrogen-bond donors (Lipinski definition) is 2. The van der Waals surface area contributed by atoms with Crippen molar-refractivity contribution in [3.8, 4) is 0 Å². The van der Waals surface area contributed by atoms with Crippen LogP contribution in [0.3, 0.4) is 0 Å². The maximum Gasteiger partial charge on any atom is 0.341 e. The average Bonchev–Trinajstić information content (AvgIpc) is 3.27. The van der Waals surface area contributed by atoms with Crippen LogP contribution in [0.5, 0.6) is 0 Å². The Hall–Kier alpha value is -2.78. The van der Waals surface area contributed by atoms with E-state index < -0.39 is 43.0 Å². The van der Waals surface area contributed by atoms with Crippen LogP contribution in [-0.2, 0) is 10.0 Å². The number of fused-ring (bicyclic) bond motifs is 1. The first-order valence-corrected chi connectivity index (χ1v) is 11.3. The van der Waals surface area contributed by atoms with Crippen LogP contribution in [0.2, 0.25) is 0 Å². The summed E-state index contributed by atoms with van der Waals surface area (Å²) in [6, 6.07) is -0.0251. The van der Waals surface area contributed by atoms with Crippen molar-refractivity contribution in [1.82, 2.24) is 18.5 Å². The van der Waals surface area contributed by atoms with Crippen molar-refractivity contribution in [3.63, 3.8) is 0 Å². The van der Waals surface area contributed by atoms with Crippen molar-refractivity contribution >= 4 is 38.2 Å². The smallest absolute Gasteiger partial charge is 0.341 e. The lowest BCUT2D eigenvalue weighted by atomic mass is 10.2. The lowest BCUT2D eigenvalue weighted by Gasteiger charge is -2.09. The number of benzene rings is 1. The fourth-order valence-corrected chi connectivity index (χ4v) is 4.69. The van der Waals surface area contributed by atoms with Gasteiger partial charge in [0.15, 0.2) is 4.90 Å². The third kappa shape index (κ3) is 5.11. The number of halogens is 3. The Labute approximate surface area is 178 Å². The molecule has 0 spiro atoms. The topological polar surface area (TPSA) is 132 Å². The summed E-state index contributed by atoms with van der Waals surface area (Å²) >= 11 is 1.26. The molecule has 0 saturated carbocycles. The SMILES string of the molecule is O=[N+]([O-])c1c(F)cc(F)c(S(=O)(=O)NCCCCCCNc2nsc3nccn23)c1F. The molecule has 0 bridgehead atoms. The largest absolute Gasteiger partial charge is 0.355 e. The zero-order valence-electron chi connectivity index (χ0n) is 15.8. The van der Waals surface area contributed by atoms with Gasteiger partial charge in [-0.2, -0.15) is 13.2 Å². The first-order chi connectivity index (χ1) is 14.7. The normalized spacial score (nSPS) is 11.8. The van der Waals surface area contributed by atoms with Gasteiger partial charge in [0.25, 0.3) is 0 Å². The van der Waals surface area contributed by atoms with Gasteiger partial charge in [0.2, 0.25) is 32.6 Å². The molecule has 168 valence electrons. The highest BCUT2D eigenvalue weighted by Gasteiger charge is 2.34. The van der Waals surface area contributed by atoms with Crippen molar-refractivity contribution in [2.45, 2.75) is 30.6 Å². The summed E-state index contributed by atoms with van der Waals surface area (Å²) < 4.78 is 73.6. The molecule has 0 aliphatic rings. The molecule has 0 aliphatic carbocycles. The predicted molar refractivity (Wildman–Crippen MR) is 106 cm³/mol. The third-order valence-electron chi connectivity index (χ3n) is 4.28. The Morgan fingerprint density at radius 2 is 1.84 bits per heavy atom. The first-order valence-electron chi connectivity index (χ1n) is 9.06. The summed E-state index contributed by atoms with van der Waals surface area (Å²) in [5, 5.41) is 13.9. The molecule has 1 aromatic carbocycles. The van der Waals surface area contributed by atoms with Crippen molar-refractivity contribution < 1.29 is 26.5 Å². The fourth-order valence-electron chi connectivity index (χ4n) is 2.82. The van der Waals surface area contributed by atoms with Crippen LogP contribution < -0.4 is 10.0 Å². The van der Waals surface area contributed by atoms with E-state index in [-0.39, 0.29) is 12.6 Å². The fraction of sp³-hybridized carbons (Fsp3) is 0.375. The Morgan fingerprint density at radius 3 is 2.55 bits per heavy atom. The second-order valence-electron chi connectivity index (χ2n) is 6.41. The minimum absolute atomic E-state index is 0.0251. The molecular formula is C16H17F3N6O4S2. The molecule has 3 aromatic rings. The Kier molecular flexibility index (Phi) is 7.07. The number of hydrogen-bond acceptors (Lipinski definition) is 8. The van der Waals surface area contributed by atoms with Gasteiger partial charge in [-0.15, -0.1) is 0 Å². The van der Waals surface area contributed by atoms with Gasteiger partial charge in [-0.1, -0.05) is 12.8 Å². The van der Waals surface area contributed by atoms with Crippen LogP contribution in [0.15, 0.2) is 23.4 Å². The molecule has 2 aromatic heterocycles. The van der Waals surface area contributed by atoms with Crippen LogP contribution >= 0.6 is 11.5 Å². The second-order valence-corrected chi connectivity index (χ2v) is 8.85. The van der Waals surface area contributed by atoms with E-state index in [4.69, 9.17) is 0 Å². The maximum absolute atomic E-state index is 14.1. The monoisotopic (exact) mass is 478 g/mol. The van der Waals surface area contributed by atoms with Crippen molar-refractivity contribution in [2.24, 2.45) is 0 Å². The Balaban J connectivity index is 1.44. The zero-order valence-corrected chi connectivity index (χ0v) is 17.5. The van der Waals surface area contributed by atoms with E-state index in [1.807, 2.05) is 9.12 Å². The van der Waals surface area contributed by atoms with Crippen LogP contribution in [-0.4, -0.2) is 40.2 Å². The Morgan fingerprint density at radius 1 is 1.13 bits per heavy atom. The standard InChI is InChI=1S/C16H17F3N6O4S2/c17-10-9-11(18)14(12(19)13(10)25(26)27)31(28,29)22-6-4-2-1-3-5-20-15-23-30-16-21-7-8-24(15)16/h7-9,22H,1-6H2,(H,20,23). The molecule has 15 heteroatoms. The predicted octanol–water partition coefficient (Wildman–Crippen LogP) is 3.07. The molecule has 0 atom stereocenters. The molecule has 0 unspecified atom stereocenters. The molecule has 3 rings (SSSR count). The molecule has 0 aliphatic heterocycles. The minimum atomic E-state index is -4.74. The molecule has 2 heterocycles. The molecule has 0 saturated heterocycles. The summed E-state index contributed by atoms with van der Waals surface area (Å²) in [6.45, 7) is 0.500. The van der Waals surface area contributed by atoms with Gasteiger partial charge in [-0.05, 0) is 12.8 Å². The Bertz CT molecular complexity index is 1200. The number of unbranched alkanes of at least 4 members (excludes halogenated alkanes) is 3. The van der Waals surface area contributed by atoms with Gasteiger partial charge in [0.05, 0.1) is 4.92 Å². The molecule has 2 N–H and O–H groups in total. The second kappa shape index (κ2) is 9.57. The average molecular weight is 478 g/mol. The molecular weight excluding hydrogens is 461 g/mol. The lowest BCUT2D eigenvalue weighted by molar-refractivity contribution is -0.390. The van der Waals surface area contributed by atoms with E-state index in [2.05, 4.69) is 14.7 Å². The molecule has 0 amide bonds. The summed E-state index contributed by atoms with van der Waals surface area (Å²) in [5.74, 6) is -4.93. The molecule has 10 nitrogen and oxygen atoms in total. The zero-order chi connectivity index (χ0) is 22.6. The van der Waals surface area contributed by atoms with Gasteiger partial charge >= 0.3 is 5.69 Å². The summed E-state index contributed by atoms with van der Waals surface area (Å²) in [6.07, 6.45) is 5.96. The highest BCUT2D eigenvalue weighted by atomic mass is 32.2. The summed E-state index contributed by atoms with van der Waals surface area (Å²) in [4.78, 5) is 12.6. The first kappa shape index (κ1) is 22.9. The number of anilines is 1. The van der Waals surface area contributed by atoms with Crippen LogP contribution in [0, 0.1) is 27.6 Å². The molecule has 0 fully saturated rings. The van der Waals surface area contributed by atoms with Gasteiger partial charge < -0.3 is 5.32 Å². The highest BCUT2D eigenvalue weighted by Crippen LogP contribution is 2.29. The van der Waals surface area contributed by atoms with Crippen molar-refractivity contribution in [3.05, 3.63) is 46.0 Å². The summed E-state index contributed by atoms with van der Waals surface area (Å²) in [7, 11) is -4.74. The highest BCUT2D eigenvalue weighted by molar-refractivity contribution is 7.89. The number of sulfonamides is 1. The number of nitrogens with zero attached hydrogens (tertiary/aromatic N) is 4. The van der Waals surface area contributed by atoms with Gasteiger partial charge in [0.1, 0.15) is 5.82 Å². The van der Waals surface area contributed by atoms with Crippen molar-refractivity contribution in [1.29, 1.82) is 0 Å². The summed E-state index contributed by atoms with van der Waals surface area (Å²) in [5.41, 5.74) is -1.72. The number of nitro groups is 1. The van der Waals surface area contributed by atoms with E-state index in [9.17, 15) is 31.7 Å². The molecule has 0 radical (unpaired) electrons. The number of nitrogens with one attached hydrogen (secondary N) is 2. The minimum Gasteiger partial charge on any atom is -0.355 e. The van der Waals surface area contributed by atoms with Crippen LogP contribution in [0.25, 0.3) is 4.96 Å². The number of aromatic nitrogens is 3. The van der Waals surface area contributed by atoms with E-state index in [0.717, 1.165) is 17.8 Å². The third-order valence-corrected chi connectivity index (χ3v) is 6.51. The van der Waals surface area contributed by atoms with Gasteiger partial charge in [-0.25, -0.2) is 22.5 Å². The number of nitro benzene ring substituents is 1. The lowest BCUT2D eigenvalue weighted by Crippen LogP contribution is -2.27. The maximum atomic E-state index is 14.1. The van der Waals surface area contributed by atoms with E-state index in [0.29, 0.717) is 25.3 Å². The van der Waals surface area contributed by atoms with E-state index in [1.165, 1.54) is 11.5 Å².